The van der Waals surface area contributed by atoms with Crippen LogP contribution in [0.2, 0.25) is 0 Å². The first-order valence-electron chi connectivity index (χ1n) is 9.42. The van der Waals surface area contributed by atoms with Crippen LogP contribution < -0.4 is 10.2 Å². The van der Waals surface area contributed by atoms with Crippen molar-refractivity contribution in [1.82, 2.24) is 15.1 Å². The number of rotatable bonds is 3. The molecule has 1 amide bonds. The second kappa shape index (κ2) is 9.41. The van der Waals surface area contributed by atoms with Crippen LogP contribution in [0, 0.1) is 17.7 Å². The number of likely N-dealkylation sites (tertiary alicyclic amines) is 1. The van der Waals surface area contributed by atoms with E-state index < -0.39 is 0 Å². The summed E-state index contributed by atoms with van der Waals surface area (Å²) in [6, 6.07) is 5.00. The molecule has 3 saturated heterocycles. The van der Waals surface area contributed by atoms with E-state index in [-0.39, 0.29) is 36.5 Å². The monoisotopic (exact) mass is 418 g/mol. The molecule has 3 fully saturated rings. The molecule has 1 aromatic rings. The second-order valence-corrected chi connectivity index (χ2v) is 7.48. The zero-order valence-electron chi connectivity index (χ0n) is 15.7. The van der Waals surface area contributed by atoms with E-state index in [1.807, 2.05) is 4.90 Å². The number of nitrogens with zero attached hydrogens (tertiary/aromatic N) is 3. The van der Waals surface area contributed by atoms with Gasteiger partial charge in [-0.15, -0.1) is 24.8 Å². The van der Waals surface area contributed by atoms with Crippen molar-refractivity contribution in [3.63, 3.8) is 0 Å². The number of benzene rings is 1. The van der Waals surface area contributed by atoms with E-state index in [9.17, 15) is 9.18 Å². The minimum Gasteiger partial charge on any atom is -0.367 e. The second-order valence-electron chi connectivity index (χ2n) is 7.48. The minimum absolute atomic E-state index is 0. The maximum atomic E-state index is 14.7. The standard InChI is InChI=1S/C19H27FN4O.2ClH/c1-2-22-5-7-23(8-6-22)18-4-3-14(9-17(18)20)19(25)24-12-15-10-21-11-16(15)13-24;;/h3-4,9,15-16,21H,2,5-8,10-13H2,1H3;2*1H/t15-,16+;;. The Morgan fingerprint density at radius 2 is 1.74 bits per heavy atom. The summed E-state index contributed by atoms with van der Waals surface area (Å²) in [6.45, 7) is 10.3. The van der Waals surface area contributed by atoms with Gasteiger partial charge in [0.05, 0.1) is 5.69 Å². The van der Waals surface area contributed by atoms with Gasteiger partial charge in [0.15, 0.2) is 0 Å². The Labute approximate surface area is 173 Å². The van der Waals surface area contributed by atoms with Crippen LogP contribution in [0.15, 0.2) is 18.2 Å². The third-order valence-electron chi connectivity index (χ3n) is 6.03. The van der Waals surface area contributed by atoms with Gasteiger partial charge in [-0.2, -0.15) is 0 Å². The lowest BCUT2D eigenvalue weighted by atomic mass is 10.0. The van der Waals surface area contributed by atoms with Crippen LogP contribution >= 0.6 is 24.8 Å². The van der Waals surface area contributed by atoms with Crippen LogP contribution in [0.25, 0.3) is 0 Å². The lowest BCUT2D eigenvalue weighted by molar-refractivity contribution is 0.0781. The maximum Gasteiger partial charge on any atom is 0.253 e. The van der Waals surface area contributed by atoms with Crippen molar-refractivity contribution < 1.29 is 9.18 Å². The Morgan fingerprint density at radius 1 is 1.11 bits per heavy atom. The summed E-state index contributed by atoms with van der Waals surface area (Å²) in [5, 5.41) is 3.38. The number of fused-ring (bicyclic) bond motifs is 1. The molecule has 0 saturated carbocycles. The molecular weight excluding hydrogens is 390 g/mol. The summed E-state index contributed by atoms with van der Waals surface area (Å²) in [5.74, 6) is 0.804. The van der Waals surface area contributed by atoms with Crippen LogP contribution in [0.5, 0.6) is 0 Å². The largest absolute Gasteiger partial charge is 0.367 e. The number of halogens is 3. The third kappa shape index (κ3) is 4.50. The van der Waals surface area contributed by atoms with E-state index in [0.717, 1.165) is 58.9 Å². The first-order chi connectivity index (χ1) is 12.2. The molecule has 8 heteroatoms. The fourth-order valence-electron chi connectivity index (χ4n) is 4.41. The number of piperazine rings is 1. The van der Waals surface area contributed by atoms with Crippen molar-refractivity contribution >= 4 is 36.4 Å². The maximum absolute atomic E-state index is 14.7. The highest BCUT2D eigenvalue weighted by molar-refractivity contribution is 5.95. The van der Waals surface area contributed by atoms with Crippen LogP contribution in [-0.2, 0) is 0 Å². The van der Waals surface area contributed by atoms with Crippen molar-refractivity contribution in [2.45, 2.75) is 6.92 Å². The van der Waals surface area contributed by atoms with Crippen LogP contribution in [0.1, 0.15) is 17.3 Å². The number of carbonyl (C=O) groups is 1. The Morgan fingerprint density at radius 3 is 2.30 bits per heavy atom. The molecule has 1 N–H and O–H groups in total. The molecule has 3 aliphatic heterocycles. The SMILES string of the molecule is CCN1CCN(c2ccc(C(=O)N3C[C@H]4CNC[C@H]4C3)cc2F)CC1.Cl.Cl. The average molecular weight is 419 g/mol. The summed E-state index contributed by atoms with van der Waals surface area (Å²) < 4.78 is 14.7. The van der Waals surface area contributed by atoms with Gasteiger partial charge in [-0.25, -0.2) is 4.39 Å². The third-order valence-corrected chi connectivity index (χ3v) is 6.03. The molecule has 0 bridgehead atoms. The van der Waals surface area contributed by atoms with Gasteiger partial charge in [0.25, 0.3) is 5.91 Å². The molecule has 3 heterocycles. The molecule has 0 aromatic heterocycles. The molecule has 0 spiro atoms. The molecule has 4 rings (SSSR count). The predicted molar refractivity (Wildman–Crippen MR) is 111 cm³/mol. The quantitative estimate of drug-likeness (QED) is 0.815. The van der Waals surface area contributed by atoms with Gasteiger partial charge < -0.3 is 20.0 Å². The molecule has 152 valence electrons. The molecular formula is C19H29Cl2FN4O. The first-order valence-corrected chi connectivity index (χ1v) is 9.42. The number of carbonyl (C=O) groups excluding carboxylic acids is 1. The van der Waals surface area contributed by atoms with Crippen molar-refractivity contribution in [2.75, 3.05) is 63.8 Å². The number of nitrogens with one attached hydrogen (secondary N) is 1. The molecule has 3 aliphatic rings. The van der Waals surface area contributed by atoms with Crippen molar-refractivity contribution in [3.05, 3.63) is 29.6 Å². The summed E-state index contributed by atoms with van der Waals surface area (Å²) in [4.78, 5) is 19.1. The fourth-order valence-corrected chi connectivity index (χ4v) is 4.41. The van der Waals surface area contributed by atoms with E-state index >= 15 is 0 Å². The Bertz CT molecular complexity index is 643. The van der Waals surface area contributed by atoms with Crippen LogP contribution in [0.4, 0.5) is 10.1 Å². The highest BCUT2D eigenvalue weighted by Gasteiger charge is 2.38. The minimum atomic E-state index is -0.281. The van der Waals surface area contributed by atoms with Gasteiger partial charge in [0.2, 0.25) is 0 Å². The smallest absolute Gasteiger partial charge is 0.253 e. The topological polar surface area (TPSA) is 38.8 Å². The summed E-state index contributed by atoms with van der Waals surface area (Å²) >= 11 is 0. The number of hydrogen-bond donors (Lipinski definition) is 1. The van der Waals surface area contributed by atoms with Gasteiger partial charge >= 0.3 is 0 Å². The van der Waals surface area contributed by atoms with Crippen LogP contribution in [0.3, 0.4) is 0 Å². The van der Waals surface area contributed by atoms with Gasteiger partial charge in [-0.05, 0) is 36.6 Å². The molecule has 1 aromatic carbocycles. The lowest BCUT2D eigenvalue weighted by Gasteiger charge is -2.35. The average Bonchev–Trinajstić information content (AvgIpc) is 3.23. The Kier molecular flexibility index (Phi) is 7.74. The van der Waals surface area contributed by atoms with Gasteiger partial charge in [-0.3, -0.25) is 4.79 Å². The fraction of sp³-hybridized carbons (Fsp3) is 0.632. The number of amides is 1. The number of likely N-dealkylation sites (N-methyl/N-ethyl adjacent to an activating group) is 1. The molecule has 27 heavy (non-hydrogen) atoms. The summed E-state index contributed by atoms with van der Waals surface area (Å²) in [5.41, 5.74) is 1.09. The van der Waals surface area contributed by atoms with Gasteiger partial charge in [0.1, 0.15) is 5.82 Å². The van der Waals surface area contributed by atoms with E-state index in [4.69, 9.17) is 0 Å². The Hall–Kier alpha value is -1.08. The predicted octanol–water partition coefficient (Wildman–Crippen LogP) is 2.10. The van der Waals surface area contributed by atoms with E-state index in [2.05, 4.69) is 22.0 Å². The number of anilines is 1. The molecule has 0 radical (unpaired) electrons. The summed E-state index contributed by atoms with van der Waals surface area (Å²) in [7, 11) is 0. The van der Waals surface area contributed by atoms with Crippen molar-refractivity contribution in [2.24, 2.45) is 11.8 Å². The molecule has 0 aliphatic carbocycles. The zero-order chi connectivity index (χ0) is 17.4. The number of hydrogen-bond acceptors (Lipinski definition) is 4. The van der Waals surface area contributed by atoms with Gasteiger partial charge in [0, 0.05) is 57.9 Å². The van der Waals surface area contributed by atoms with E-state index in [1.165, 1.54) is 6.07 Å². The summed E-state index contributed by atoms with van der Waals surface area (Å²) in [6.07, 6.45) is 0. The van der Waals surface area contributed by atoms with E-state index in [1.54, 1.807) is 12.1 Å². The molecule has 2 atom stereocenters. The highest BCUT2D eigenvalue weighted by Crippen LogP contribution is 2.28. The Balaban J connectivity index is 0.00000131. The van der Waals surface area contributed by atoms with Crippen molar-refractivity contribution in [1.29, 1.82) is 0 Å². The molecule has 0 unspecified atom stereocenters. The van der Waals surface area contributed by atoms with Crippen LogP contribution in [-0.4, -0.2) is 74.6 Å². The van der Waals surface area contributed by atoms with Crippen molar-refractivity contribution in [3.8, 4) is 0 Å². The normalized spacial score (nSPS) is 25.0. The van der Waals surface area contributed by atoms with Gasteiger partial charge in [-0.1, -0.05) is 6.92 Å². The first kappa shape index (κ1) is 22.2. The lowest BCUT2D eigenvalue weighted by Crippen LogP contribution is -2.46. The highest BCUT2D eigenvalue weighted by atomic mass is 35.5. The molecule has 5 nitrogen and oxygen atoms in total. The van der Waals surface area contributed by atoms with E-state index in [0.29, 0.717) is 23.1 Å². The zero-order valence-corrected chi connectivity index (χ0v) is 17.3.